The van der Waals surface area contributed by atoms with Gasteiger partial charge in [0, 0.05) is 40.3 Å². The van der Waals surface area contributed by atoms with Gasteiger partial charge >= 0.3 is 0 Å². The molecule has 2 aromatic heterocycles. The van der Waals surface area contributed by atoms with Crippen molar-refractivity contribution in [1.29, 1.82) is 10.5 Å². The Bertz CT molecular complexity index is 2450. The lowest BCUT2D eigenvalue weighted by atomic mass is 9.91. The summed E-state index contributed by atoms with van der Waals surface area (Å²) in [6, 6.07) is 46.9. The second-order valence-electron chi connectivity index (χ2n) is 10.4. The quantitative estimate of drug-likeness (QED) is 0.213. The lowest BCUT2D eigenvalue weighted by molar-refractivity contribution is 1.48. The normalized spacial score (nSPS) is 11.3. The third-order valence-corrected chi connectivity index (χ3v) is 10.2. The number of nitriles is 2. The fourth-order valence-electron chi connectivity index (χ4n) is 5.88. The van der Waals surface area contributed by atoms with Crippen LogP contribution >= 0.6 is 22.7 Å². The first-order valence-electron chi connectivity index (χ1n) is 13.6. The Morgan fingerprint density at radius 3 is 1.86 bits per heavy atom. The first kappa shape index (κ1) is 24.5. The van der Waals surface area contributed by atoms with Crippen molar-refractivity contribution in [2.75, 3.05) is 0 Å². The molecular weight excluding hydrogens is 549 g/mol. The van der Waals surface area contributed by atoms with Gasteiger partial charge in [0.25, 0.3) is 0 Å². The molecule has 0 N–H and O–H groups in total. The maximum Gasteiger partial charge on any atom is 0.0998 e. The number of hydrogen-bond donors (Lipinski definition) is 0. The van der Waals surface area contributed by atoms with Gasteiger partial charge in [0.2, 0.25) is 0 Å². The van der Waals surface area contributed by atoms with E-state index in [0.717, 1.165) is 44.2 Å². The van der Waals surface area contributed by atoms with Crippen LogP contribution in [0.1, 0.15) is 11.1 Å². The number of benzene rings is 6. The first-order chi connectivity index (χ1) is 20.7. The van der Waals surface area contributed by atoms with Crippen molar-refractivity contribution < 1.29 is 0 Å². The largest absolute Gasteiger partial charge is 0.192 e. The Hall–Kier alpha value is -5.26. The smallest absolute Gasteiger partial charge is 0.0998 e. The molecule has 42 heavy (non-hydrogen) atoms. The SMILES string of the molecule is N#Cc1ccc2sc3cc(-c4cc(-c5ccc6sc7ccccc7c6c5)cc(-c5ccccc5C#N)c4)ccc3c2c1. The highest BCUT2D eigenvalue weighted by Crippen LogP contribution is 2.41. The molecule has 0 fully saturated rings. The van der Waals surface area contributed by atoms with Crippen LogP contribution in [0.2, 0.25) is 0 Å². The highest BCUT2D eigenvalue weighted by Gasteiger charge is 2.14. The van der Waals surface area contributed by atoms with Crippen LogP contribution in [-0.2, 0) is 0 Å². The number of rotatable bonds is 3. The number of thiophene rings is 2. The summed E-state index contributed by atoms with van der Waals surface area (Å²) in [5.74, 6) is 0. The summed E-state index contributed by atoms with van der Waals surface area (Å²) in [6.07, 6.45) is 0. The first-order valence-corrected chi connectivity index (χ1v) is 15.2. The minimum atomic E-state index is 0.660. The molecule has 0 aliphatic carbocycles. The van der Waals surface area contributed by atoms with E-state index in [1.165, 1.54) is 29.6 Å². The third kappa shape index (κ3) is 3.98. The maximum absolute atomic E-state index is 9.90. The van der Waals surface area contributed by atoms with E-state index in [0.29, 0.717) is 11.1 Å². The minimum absolute atomic E-state index is 0.660. The number of hydrogen-bond acceptors (Lipinski definition) is 4. The van der Waals surface area contributed by atoms with Gasteiger partial charge in [-0.2, -0.15) is 10.5 Å². The van der Waals surface area contributed by atoms with E-state index in [-0.39, 0.29) is 0 Å². The van der Waals surface area contributed by atoms with Crippen molar-refractivity contribution in [1.82, 2.24) is 0 Å². The fourth-order valence-corrected chi connectivity index (χ4v) is 8.09. The van der Waals surface area contributed by atoms with Crippen molar-refractivity contribution >= 4 is 63.0 Å². The van der Waals surface area contributed by atoms with Crippen LogP contribution in [0.15, 0.2) is 121 Å². The standard InChI is InChI=1S/C38H20N2S2/c39-21-23-9-13-36-33(15-23)32-12-10-25(20-38(32)42-36)28-16-27(17-29(18-28)30-6-2-1-5-26(30)22-40)24-11-14-37-34(19-24)31-7-3-4-8-35(31)41-37/h1-20H. The predicted octanol–water partition coefficient (Wildman–Crippen LogP) is 11.2. The Balaban J connectivity index is 1.35. The van der Waals surface area contributed by atoms with Crippen molar-refractivity contribution in [2.24, 2.45) is 0 Å². The summed E-state index contributed by atoms with van der Waals surface area (Å²) in [4.78, 5) is 0. The van der Waals surface area contributed by atoms with Gasteiger partial charge < -0.3 is 0 Å². The van der Waals surface area contributed by atoms with Crippen LogP contribution in [-0.4, -0.2) is 0 Å². The van der Waals surface area contributed by atoms with E-state index >= 15 is 0 Å². The summed E-state index contributed by atoms with van der Waals surface area (Å²) in [6.45, 7) is 0. The molecule has 2 nitrogen and oxygen atoms in total. The molecule has 6 aromatic carbocycles. The Morgan fingerprint density at radius 2 is 1.02 bits per heavy atom. The summed E-state index contributed by atoms with van der Waals surface area (Å²) < 4.78 is 4.93. The average molecular weight is 569 g/mol. The van der Waals surface area contributed by atoms with E-state index in [2.05, 4.69) is 91.0 Å². The molecule has 0 aliphatic heterocycles. The summed E-state index contributed by atoms with van der Waals surface area (Å²) >= 11 is 3.57. The van der Waals surface area contributed by atoms with Crippen LogP contribution in [0.5, 0.6) is 0 Å². The lowest BCUT2D eigenvalue weighted by Gasteiger charge is -2.13. The van der Waals surface area contributed by atoms with Crippen LogP contribution in [0.25, 0.3) is 73.7 Å². The van der Waals surface area contributed by atoms with Gasteiger partial charge in [0.15, 0.2) is 0 Å². The zero-order valence-corrected chi connectivity index (χ0v) is 23.9. The predicted molar refractivity (Wildman–Crippen MR) is 178 cm³/mol. The third-order valence-electron chi connectivity index (χ3n) is 7.94. The van der Waals surface area contributed by atoms with Gasteiger partial charge in [-0.15, -0.1) is 22.7 Å². The molecule has 0 amide bonds. The summed E-state index contributed by atoms with van der Waals surface area (Å²) in [7, 11) is 0. The van der Waals surface area contributed by atoms with Crippen molar-refractivity contribution in [3.63, 3.8) is 0 Å². The molecule has 0 aliphatic rings. The van der Waals surface area contributed by atoms with Gasteiger partial charge in [0.05, 0.1) is 23.3 Å². The molecule has 0 radical (unpaired) electrons. The van der Waals surface area contributed by atoms with Crippen LogP contribution in [0.3, 0.4) is 0 Å². The van der Waals surface area contributed by atoms with E-state index in [4.69, 9.17) is 0 Å². The van der Waals surface area contributed by atoms with E-state index < -0.39 is 0 Å². The minimum Gasteiger partial charge on any atom is -0.192 e. The Morgan fingerprint density at radius 1 is 0.405 bits per heavy atom. The molecule has 0 saturated carbocycles. The molecule has 4 heteroatoms. The highest BCUT2D eigenvalue weighted by molar-refractivity contribution is 7.26. The zero-order chi connectivity index (χ0) is 28.2. The second-order valence-corrected chi connectivity index (χ2v) is 12.6. The van der Waals surface area contributed by atoms with E-state index in [1.807, 2.05) is 53.8 Å². The van der Waals surface area contributed by atoms with Gasteiger partial charge in [-0.1, -0.05) is 54.6 Å². The van der Waals surface area contributed by atoms with Gasteiger partial charge in [0.1, 0.15) is 0 Å². The molecule has 8 aromatic rings. The number of nitrogens with zero attached hydrogens (tertiary/aromatic N) is 2. The summed E-state index contributed by atoms with van der Waals surface area (Å²) in [5, 5.41) is 24.1. The summed E-state index contributed by atoms with van der Waals surface area (Å²) in [5.41, 5.74) is 7.76. The van der Waals surface area contributed by atoms with Crippen molar-refractivity contribution in [3.05, 3.63) is 132 Å². The van der Waals surface area contributed by atoms with Crippen molar-refractivity contribution in [3.8, 4) is 45.5 Å². The van der Waals surface area contributed by atoms with E-state index in [1.54, 1.807) is 11.3 Å². The molecule has 0 spiro atoms. The van der Waals surface area contributed by atoms with Crippen LogP contribution in [0, 0.1) is 22.7 Å². The Kier molecular flexibility index (Phi) is 5.66. The molecule has 194 valence electrons. The molecule has 0 unspecified atom stereocenters. The maximum atomic E-state index is 9.90. The molecular formula is C38H20N2S2. The average Bonchev–Trinajstić information content (AvgIpc) is 3.61. The molecule has 0 atom stereocenters. The molecule has 2 heterocycles. The highest BCUT2D eigenvalue weighted by atomic mass is 32.1. The zero-order valence-electron chi connectivity index (χ0n) is 22.3. The Labute approximate surface area is 250 Å². The lowest BCUT2D eigenvalue weighted by Crippen LogP contribution is -1.88. The monoisotopic (exact) mass is 568 g/mol. The van der Waals surface area contributed by atoms with Crippen LogP contribution < -0.4 is 0 Å². The van der Waals surface area contributed by atoms with Crippen molar-refractivity contribution in [2.45, 2.75) is 0 Å². The van der Waals surface area contributed by atoms with E-state index in [9.17, 15) is 10.5 Å². The van der Waals surface area contributed by atoms with Gasteiger partial charge in [-0.05, 0) is 100 Å². The molecule has 0 bridgehead atoms. The fraction of sp³-hybridized carbons (Fsp3) is 0. The second kappa shape index (κ2) is 9.68. The van der Waals surface area contributed by atoms with Crippen LogP contribution in [0.4, 0.5) is 0 Å². The molecule has 0 saturated heterocycles. The topological polar surface area (TPSA) is 47.6 Å². The number of fused-ring (bicyclic) bond motifs is 6. The molecule has 8 rings (SSSR count). The van der Waals surface area contributed by atoms with Gasteiger partial charge in [-0.25, -0.2) is 0 Å². The van der Waals surface area contributed by atoms with Gasteiger partial charge in [-0.3, -0.25) is 0 Å².